The minimum absolute atomic E-state index is 0.0461. The van der Waals surface area contributed by atoms with Gasteiger partial charge in [-0.1, -0.05) is 11.6 Å². The van der Waals surface area contributed by atoms with Crippen LogP contribution in [0, 0.1) is 0 Å². The maximum atomic E-state index is 12.4. The molecule has 0 spiro atoms. The van der Waals surface area contributed by atoms with E-state index < -0.39 is 0 Å². The second kappa shape index (κ2) is 4.44. The van der Waals surface area contributed by atoms with Crippen molar-refractivity contribution < 1.29 is 9.53 Å². The highest BCUT2D eigenvalue weighted by Gasteiger charge is 2.36. The first-order chi connectivity index (χ1) is 8.63. The lowest BCUT2D eigenvalue weighted by Gasteiger charge is -2.32. The van der Waals surface area contributed by atoms with Crippen molar-refractivity contribution >= 4 is 23.2 Å². The largest absolute Gasteiger partial charge is 0.398 e. The molecule has 2 heterocycles. The lowest BCUT2D eigenvalue weighted by atomic mass is 10.1. The smallest absolute Gasteiger partial charge is 0.256 e. The number of carbonyl (C=O) groups excluding carboxylic acids is 1. The van der Waals surface area contributed by atoms with Crippen molar-refractivity contribution in [3.63, 3.8) is 0 Å². The fraction of sp³-hybridized carbons (Fsp3) is 0.462. The standard InChI is InChI=1S/C13H15ClN2O2/c14-8-1-4-12(15)11(5-8)13(17)16-6-9-2-3-10(7-16)18-9/h1,4-5,9-10H,2-3,6-7,15H2. The SMILES string of the molecule is Nc1ccc(Cl)cc1C(=O)N1CC2CCC(C1)O2. The molecule has 2 saturated heterocycles. The van der Waals surface area contributed by atoms with E-state index in [9.17, 15) is 4.79 Å². The Balaban J connectivity index is 1.84. The second-order valence-electron chi connectivity index (χ2n) is 4.90. The number of anilines is 1. The first kappa shape index (κ1) is 11.8. The molecule has 2 aliphatic heterocycles. The number of nitrogen functional groups attached to an aromatic ring is 1. The van der Waals surface area contributed by atoms with E-state index in [1.54, 1.807) is 18.2 Å². The van der Waals surface area contributed by atoms with Gasteiger partial charge in [-0.2, -0.15) is 0 Å². The molecule has 2 fully saturated rings. The molecule has 0 aromatic heterocycles. The van der Waals surface area contributed by atoms with Gasteiger partial charge in [-0.25, -0.2) is 0 Å². The van der Waals surface area contributed by atoms with Crippen LogP contribution in [0.4, 0.5) is 5.69 Å². The third-order valence-corrected chi connectivity index (χ3v) is 3.81. The van der Waals surface area contributed by atoms with E-state index >= 15 is 0 Å². The van der Waals surface area contributed by atoms with Crippen LogP contribution in [0.25, 0.3) is 0 Å². The molecule has 1 aromatic carbocycles. The van der Waals surface area contributed by atoms with E-state index in [0.29, 0.717) is 29.4 Å². The van der Waals surface area contributed by atoms with Crippen molar-refractivity contribution in [2.75, 3.05) is 18.8 Å². The number of fused-ring (bicyclic) bond motifs is 2. The molecule has 0 radical (unpaired) electrons. The summed E-state index contributed by atoms with van der Waals surface area (Å²) in [5, 5.41) is 0.531. The maximum Gasteiger partial charge on any atom is 0.256 e. The average Bonchev–Trinajstić information content (AvgIpc) is 2.70. The molecule has 2 unspecified atom stereocenters. The summed E-state index contributed by atoms with van der Waals surface area (Å²) in [5.74, 6) is -0.0461. The second-order valence-corrected chi connectivity index (χ2v) is 5.34. The topological polar surface area (TPSA) is 55.6 Å². The van der Waals surface area contributed by atoms with Crippen LogP contribution in [0.2, 0.25) is 5.02 Å². The molecule has 2 bridgehead atoms. The zero-order chi connectivity index (χ0) is 12.7. The summed E-state index contributed by atoms with van der Waals surface area (Å²) in [4.78, 5) is 14.3. The van der Waals surface area contributed by atoms with E-state index in [1.165, 1.54) is 0 Å². The van der Waals surface area contributed by atoms with Gasteiger partial charge in [-0.15, -0.1) is 0 Å². The van der Waals surface area contributed by atoms with Crippen molar-refractivity contribution in [2.45, 2.75) is 25.0 Å². The fourth-order valence-corrected chi connectivity index (χ4v) is 2.84. The predicted molar refractivity (Wildman–Crippen MR) is 69.7 cm³/mol. The summed E-state index contributed by atoms with van der Waals surface area (Å²) >= 11 is 5.92. The zero-order valence-electron chi connectivity index (χ0n) is 9.93. The van der Waals surface area contributed by atoms with Crippen LogP contribution >= 0.6 is 11.6 Å². The van der Waals surface area contributed by atoms with Crippen LogP contribution in [0.5, 0.6) is 0 Å². The number of benzene rings is 1. The maximum absolute atomic E-state index is 12.4. The number of hydrogen-bond acceptors (Lipinski definition) is 3. The first-order valence-electron chi connectivity index (χ1n) is 6.13. The van der Waals surface area contributed by atoms with Crippen LogP contribution in [-0.2, 0) is 4.74 Å². The number of hydrogen-bond donors (Lipinski definition) is 1. The van der Waals surface area contributed by atoms with E-state index in [4.69, 9.17) is 22.1 Å². The van der Waals surface area contributed by atoms with E-state index in [-0.39, 0.29) is 18.1 Å². The van der Waals surface area contributed by atoms with Gasteiger partial charge in [-0.3, -0.25) is 4.79 Å². The molecule has 3 rings (SSSR count). The van der Waals surface area contributed by atoms with Gasteiger partial charge in [0.15, 0.2) is 0 Å². The van der Waals surface area contributed by atoms with Crippen molar-refractivity contribution in [2.24, 2.45) is 0 Å². The molecular formula is C13H15ClN2O2. The predicted octanol–water partition coefficient (Wildman–Crippen LogP) is 1.93. The lowest BCUT2D eigenvalue weighted by Crippen LogP contribution is -2.46. The summed E-state index contributed by atoms with van der Waals surface area (Å²) in [5.41, 5.74) is 6.81. The van der Waals surface area contributed by atoms with E-state index in [0.717, 1.165) is 12.8 Å². The highest BCUT2D eigenvalue weighted by atomic mass is 35.5. The van der Waals surface area contributed by atoms with Gasteiger partial charge in [0.1, 0.15) is 0 Å². The average molecular weight is 267 g/mol. The van der Waals surface area contributed by atoms with Crippen LogP contribution < -0.4 is 5.73 Å². The van der Waals surface area contributed by atoms with Crippen LogP contribution in [0.15, 0.2) is 18.2 Å². The van der Waals surface area contributed by atoms with Crippen LogP contribution in [-0.4, -0.2) is 36.1 Å². The zero-order valence-corrected chi connectivity index (χ0v) is 10.7. The molecule has 2 N–H and O–H groups in total. The number of halogens is 1. The summed E-state index contributed by atoms with van der Waals surface area (Å²) < 4.78 is 5.72. The lowest BCUT2D eigenvalue weighted by molar-refractivity contribution is -0.0303. The number of nitrogens with zero attached hydrogens (tertiary/aromatic N) is 1. The molecule has 0 saturated carbocycles. The molecule has 0 aliphatic carbocycles. The molecule has 1 amide bonds. The first-order valence-corrected chi connectivity index (χ1v) is 6.51. The van der Waals surface area contributed by atoms with E-state index in [2.05, 4.69) is 0 Å². The Labute approximate surface area is 111 Å². The van der Waals surface area contributed by atoms with Gasteiger partial charge in [0.05, 0.1) is 17.8 Å². The Bertz CT molecular complexity index is 480. The highest BCUT2D eigenvalue weighted by Crippen LogP contribution is 2.28. The van der Waals surface area contributed by atoms with Gasteiger partial charge in [0, 0.05) is 23.8 Å². The summed E-state index contributed by atoms with van der Waals surface area (Å²) in [7, 11) is 0. The third-order valence-electron chi connectivity index (χ3n) is 3.58. The number of amides is 1. The number of ether oxygens (including phenoxy) is 1. The summed E-state index contributed by atoms with van der Waals surface area (Å²) in [6.45, 7) is 1.31. The normalized spacial score (nSPS) is 26.4. The highest BCUT2D eigenvalue weighted by molar-refractivity contribution is 6.31. The van der Waals surface area contributed by atoms with Crippen molar-refractivity contribution in [1.29, 1.82) is 0 Å². The number of rotatable bonds is 1. The van der Waals surface area contributed by atoms with Gasteiger partial charge in [-0.05, 0) is 31.0 Å². The number of morpholine rings is 1. The Kier molecular flexibility index (Phi) is 2.92. The van der Waals surface area contributed by atoms with Crippen LogP contribution in [0.1, 0.15) is 23.2 Å². The molecule has 18 heavy (non-hydrogen) atoms. The molecule has 4 nitrogen and oxygen atoms in total. The van der Waals surface area contributed by atoms with Gasteiger partial charge >= 0.3 is 0 Å². The van der Waals surface area contributed by atoms with E-state index in [1.807, 2.05) is 4.90 Å². The molecular weight excluding hydrogens is 252 g/mol. The Morgan fingerprint density at radius 1 is 1.33 bits per heavy atom. The van der Waals surface area contributed by atoms with Crippen molar-refractivity contribution in [1.82, 2.24) is 4.90 Å². The third kappa shape index (κ3) is 2.06. The quantitative estimate of drug-likeness (QED) is 0.790. The fourth-order valence-electron chi connectivity index (χ4n) is 2.66. The number of likely N-dealkylation sites (tertiary alicyclic amines) is 1. The Morgan fingerprint density at radius 3 is 2.67 bits per heavy atom. The Hall–Kier alpha value is -1.26. The van der Waals surface area contributed by atoms with Crippen molar-refractivity contribution in [3.8, 4) is 0 Å². The molecule has 5 heteroatoms. The molecule has 96 valence electrons. The molecule has 2 aliphatic rings. The van der Waals surface area contributed by atoms with Crippen molar-refractivity contribution in [3.05, 3.63) is 28.8 Å². The molecule has 2 atom stereocenters. The summed E-state index contributed by atoms with van der Waals surface area (Å²) in [6, 6.07) is 5.00. The molecule has 1 aromatic rings. The number of carbonyl (C=O) groups is 1. The van der Waals surface area contributed by atoms with Gasteiger partial charge < -0.3 is 15.4 Å². The number of nitrogens with two attached hydrogens (primary N) is 1. The van der Waals surface area contributed by atoms with Gasteiger partial charge in [0.25, 0.3) is 5.91 Å². The minimum atomic E-state index is -0.0461. The Morgan fingerprint density at radius 2 is 2.00 bits per heavy atom. The minimum Gasteiger partial charge on any atom is -0.398 e. The summed E-state index contributed by atoms with van der Waals surface area (Å²) in [6.07, 6.45) is 2.46. The monoisotopic (exact) mass is 266 g/mol. The van der Waals surface area contributed by atoms with Crippen LogP contribution in [0.3, 0.4) is 0 Å². The van der Waals surface area contributed by atoms with Gasteiger partial charge in [0.2, 0.25) is 0 Å².